The van der Waals surface area contributed by atoms with E-state index in [1.54, 1.807) is 11.3 Å². The van der Waals surface area contributed by atoms with Crippen molar-refractivity contribution in [2.75, 3.05) is 6.54 Å². The fraction of sp³-hybridized carbons (Fsp3) is 0.636. The van der Waals surface area contributed by atoms with Crippen LogP contribution in [0.1, 0.15) is 29.1 Å². The van der Waals surface area contributed by atoms with Crippen molar-refractivity contribution >= 4 is 17.2 Å². The molecule has 1 heterocycles. The van der Waals surface area contributed by atoms with Gasteiger partial charge in [0, 0.05) is 17.6 Å². The number of rotatable bonds is 4. The first-order valence-corrected chi connectivity index (χ1v) is 6.38. The second-order valence-corrected chi connectivity index (χ2v) is 5.69. The van der Waals surface area contributed by atoms with E-state index in [1.807, 2.05) is 13.1 Å². The predicted octanol–water partition coefficient (Wildman–Crippen LogP) is 1.20. The first-order chi connectivity index (χ1) is 7.66. The van der Waals surface area contributed by atoms with Gasteiger partial charge in [-0.25, -0.2) is 4.98 Å². The second-order valence-electron chi connectivity index (χ2n) is 4.37. The Kier molecular flexibility index (Phi) is 3.25. The van der Waals surface area contributed by atoms with Crippen LogP contribution in [-0.4, -0.2) is 17.4 Å². The lowest BCUT2D eigenvalue weighted by molar-refractivity contribution is -0.135. The molecule has 3 N–H and O–H groups in total. The first-order valence-electron chi connectivity index (χ1n) is 5.56. The van der Waals surface area contributed by atoms with Gasteiger partial charge in [-0.2, -0.15) is 0 Å². The summed E-state index contributed by atoms with van der Waals surface area (Å²) in [7, 11) is 0. The van der Waals surface area contributed by atoms with Crippen LogP contribution in [0.25, 0.3) is 0 Å². The van der Waals surface area contributed by atoms with Crippen LogP contribution < -0.4 is 11.1 Å². The molecule has 0 bridgehead atoms. The maximum absolute atomic E-state index is 12.0. The van der Waals surface area contributed by atoms with Gasteiger partial charge in [0.25, 0.3) is 0 Å². The highest BCUT2D eigenvalue weighted by molar-refractivity contribution is 7.11. The number of aryl methyl sites for hydroxylation is 1. The molecule has 88 valence electrons. The maximum Gasteiger partial charge on any atom is 0.227 e. The molecule has 1 aromatic heterocycles. The van der Waals surface area contributed by atoms with Crippen molar-refractivity contribution in [3.8, 4) is 0 Å². The number of nitrogens with two attached hydrogens (primary N) is 1. The van der Waals surface area contributed by atoms with Crippen molar-refractivity contribution in [2.24, 2.45) is 11.1 Å². The van der Waals surface area contributed by atoms with Crippen LogP contribution in [0, 0.1) is 12.3 Å². The van der Waals surface area contributed by atoms with E-state index in [0.29, 0.717) is 13.1 Å². The first kappa shape index (κ1) is 11.5. The predicted molar refractivity (Wildman–Crippen MR) is 64.0 cm³/mol. The van der Waals surface area contributed by atoms with Crippen molar-refractivity contribution in [1.82, 2.24) is 10.3 Å². The van der Waals surface area contributed by atoms with Crippen LogP contribution in [0.4, 0.5) is 0 Å². The van der Waals surface area contributed by atoms with Gasteiger partial charge in [0.05, 0.1) is 17.0 Å². The highest BCUT2D eigenvalue weighted by Crippen LogP contribution is 2.40. The van der Waals surface area contributed by atoms with E-state index in [0.717, 1.165) is 29.1 Å². The Morgan fingerprint density at radius 1 is 1.69 bits per heavy atom. The molecule has 1 saturated carbocycles. The van der Waals surface area contributed by atoms with E-state index >= 15 is 0 Å². The zero-order chi connectivity index (χ0) is 11.6. The van der Waals surface area contributed by atoms with Gasteiger partial charge in [-0.05, 0) is 19.8 Å². The highest BCUT2D eigenvalue weighted by Gasteiger charge is 2.42. The molecule has 0 spiro atoms. The summed E-state index contributed by atoms with van der Waals surface area (Å²) in [5.74, 6) is 0.104. The zero-order valence-corrected chi connectivity index (χ0v) is 10.3. The fourth-order valence-corrected chi connectivity index (χ4v) is 2.70. The lowest BCUT2D eigenvalue weighted by Gasteiger charge is -2.39. The minimum absolute atomic E-state index is 0.104. The fourth-order valence-electron chi connectivity index (χ4n) is 1.97. The molecular formula is C11H17N3OS. The molecule has 2 rings (SSSR count). The van der Waals surface area contributed by atoms with Crippen molar-refractivity contribution in [1.29, 1.82) is 0 Å². The Labute approximate surface area is 99.3 Å². The Bertz CT molecular complexity index is 379. The number of hydrogen-bond donors (Lipinski definition) is 2. The van der Waals surface area contributed by atoms with E-state index < -0.39 is 0 Å². The molecule has 1 aromatic rings. The summed E-state index contributed by atoms with van der Waals surface area (Å²) in [6.07, 6.45) is 4.79. The van der Waals surface area contributed by atoms with Gasteiger partial charge in [0.15, 0.2) is 0 Å². The lowest BCUT2D eigenvalue weighted by Crippen LogP contribution is -2.50. The number of nitrogens with zero attached hydrogens (tertiary/aromatic N) is 1. The third-order valence-corrected chi connectivity index (χ3v) is 4.19. The summed E-state index contributed by atoms with van der Waals surface area (Å²) in [6.45, 7) is 3.00. The summed E-state index contributed by atoms with van der Waals surface area (Å²) >= 11 is 1.62. The summed E-state index contributed by atoms with van der Waals surface area (Å²) in [5.41, 5.74) is 5.39. The molecule has 1 aliphatic carbocycles. The monoisotopic (exact) mass is 239 g/mol. The largest absolute Gasteiger partial charge is 0.351 e. The number of carbonyl (C=O) groups excluding carboxylic acids is 1. The van der Waals surface area contributed by atoms with Crippen molar-refractivity contribution in [2.45, 2.75) is 32.7 Å². The second kappa shape index (κ2) is 4.51. The SMILES string of the molecule is Cc1ncc(CNC(=O)C2(CN)CCC2)s1. The number of amides is 1. The van der Waals surface area contributed by atoms with Crippen molar-refractivity contribution in [3.05, 3.63) is 16.1 Å². The van der Waals surface area contributed by atoms with E-state index in [4.69, 9.17) is 5.73 Å². The number of nitrogens with one attached hydrogen (secondary N) is 1. The maximum atomic E-state index is 12.0. The third kappa shape index (κ3) is 2.10. The molecule has 1 fully saturated rings. The van der Waals surface area contributed by atoms with Crippen molar-refractivity contribution < 1.29 is 4.79 Å². The topological polar surface area (TPSA) is 68.0 Å². The molecule has 1 amide bonds. The molecule has 0 aliphatic heterocycles. The van der Waals surface area contributed by atoms with Gasteiger partial charge in [0.2, 0.25) is 5.91 Å². The Morgan fingerprint density at radius 3 is 2.88 bits per heavy atom. The molecule has 16 heavy (non-hydrogen) atoms. The quantitative estimate of drug-likeness (QED) is 0.829. The van der Waals surface area contributed by atoms with Crippen LogP contribution in [-0.2, 0) is 11.3 Å². The van der Waals surface area contributed by atoms with E-state index in [1.165, 1.54) is 0 Å². The van der Waals surface area contributed by atoms with Crippen LogP contribution in [0.2, 0.25) is 0 Å². The molecule has 0 aromatic carbocycles. The Balaban J connectivity index is 1.88. The van der Waals surface area contributed by atoms with Gasteiger partial charge in [-0.1, -0.05) is 6.42 Å². The average molecular weight is 239 g/mol. The van der Waals surface area contributed by atoms with Crippen molar-refractivity contribution in [3.63, 3.8) is 0 Å². The molecule has 0 atom stereocenters. The average Bonchev–Trinajstić information content (AvgIpc) is 2.60. The van der Waals surface area contributed by atoms with Crippen LogP contribution in [0.3, 0.4) is 0 Å². The molecule has 0 saturated heterocycles. The van der Waals surface area contributed by atoms with E-state index in [9.17, 15) is 4.79 Å². The molecule has 0 unspecified atom stereocenters. The Hall–Kier alpha value is -0.940. The van der Waals surface area contributed by atoms with E-state index in [2.05, 4.69) is 10.3 Å². The van der Waals surface area contributed by atoms with Gasteiger partial charge in [-0.3, -0.25) is 4.79 Å². The van der Waals surface area contributed by atoms with Gasteiger partial charge < -0.3 is 11.1 Å². The summed E-state index contributed by atoms with van der Waals surface area (Å²) in [5, 5.41) is 3.99. The third-order valence-electron chi connectivity index (χ3n) is 3.28. The smallest absolute Gasteiger partial charge is 0.227 e. The number of thiazole rings is 1. The van der Waals surface area contributed by atoms with Gasteiger partial charge in [0.1, 0.15) is 0 Å². The summed E-state index contributed by atoms with van der Waals surface area (Å²) in [6, 6.07) is 0. The number of hydrogen-bond acceptors (Lipinski definition) is 4. The Morgan fingerprint density at radius 2 is 2.44 bits per heavy atom. The van der Waals surface area contributed by atoms with E-state index in [-0.39, 0.29) is 11.3 Å². The molecule has 0 radical (unpaired) electrons. The highest BCUT2D eigenvalue weighted by atomic mass is 32.1. The summed E-state index contributed by atoms with van der Waals surface area (Å²) < 4.78 is 0. The normalized spacial score (nSPS) is 17.9. The van der Waals surface area contributed by atoms with Gasteiger partial charge >= 0.3 is 0 Å². The summed E-state index contributed by atoms with van der Waals surface area (Å²) in [4.78, 5) is 17.2. The molecule has 1 aliphatic rings. The zero-order valence-electron chi connectivity index (χ0n) is 9.45. The standard InChI is InChI=1S/C11H17N3OS/c1-8-13-5-9(16-8)6-14-10(15)11(7-12)3-2-4-11/h5H,2-4,6-7,12H2,1H3,(H,14,15). The van der Waals surface area contributed by atoms with Gasteiger partial charge in [-0.15, -0.1) is 11.3 Å². The minimum atomic E-state index is -0.278. The molecular weight excluding hydrogens is 222 g/mol. The minimum Gasteiger partial charge on any atom is -0.351 e. The van der Waals surface area contributed by atoms with Crippen LogP contribution >= 0.6 is 11.3 Å². The lowest BCUT2D eigenvalue weighted by atomic mass is 9.68. The molecule has 5 heteroatoms. The van der Waals surface area contributed by atoms with Crippen LogP contribution in [0.15, 0.2) is 6.20 Å². The number of aromatic nitrogens is 1. The number of carbonyl (C=O) groups is 1. The van der Waals surface area contributed by atoms with Crippen LogP contribution in [0.5, 0.6) is 0 Å². The molecule has 4 nitrogen and oxygen atoms in total.